The molecule has 2 aromatic rings. The third-order valence-electron chi connectivity index (χ3n) is 2.06. The van der Waals surface area contributed by atoms with Crippen LogP contribution in [0.4, 0.5) is 9.59 Å². The molecule has 0 aliphatic carbocycles. The van der Waals surface area contributed by atoms with Gasteiger partial charge in [0.15, 0.2) is 11.5 Å². The van der Waals surface area contributed by atoms with Gasteiger partial charge in [-0.05, 0) is 24.3 Å². The molecule has 0 radical (unpaired) electrons. The molecule has 0 aliphatic heterocycles. The number of carboxylic acid groups (broad SMARTS) is 2. The molecule has 2 rings (SSSR count). The molecule has 8 heteroatoms. The Kier molecular flexibility index (Phi) is 7.01. The lowest BCUT2D eigenvalue weighted by atomic mass is 10.3. The van der Waals surface area contributed by atoms with Gasteiger partial charge in [-0.1, -0.05) is 47.5 Å². The van der Waals surface area contributed by atoms with Gasteiger partial charge < -0.3 is 19.7 Å². The van der Waals surface area contributed by atoms with Crippen LogP contribution in [0.15, 0.2) is 48.5 Å². The molecule has 0 amide bonds. The largest absolute Gasteiger partial charge is 0.519 e. The SMILES string of the molecule is O=C(O)O.O=C(Oc1ccccc1Cl)Oc1ccccc1Cl. The molecular formula is C14H10Cl2O6. The van der Waals surface area contributed by atoms with E-state index in [1.165, 1.54) is 0 Å². The number of ether oxygens (including phenoxy) is 2. The smallest absolute Gasteiger partial charge is 0.450 e. The van der Waals surface area contributed by atoms with Gasteiger partial charge in [0.1, 0.15) is 0 Å². The highest BCUT2D eigenvalue weighted by molar-refractivity contribution is 6.32. The average molecular weight is 345 g/mol. The standard InChI is InChI=1S/C13H8Cl2O3.CH2O3/c14-9-5-1-3-7-11(9)17-13(16)18-12-8-4-2-6-10(12)15;2-1(3)4/h1-8H;(H2,2,3,4). The summed E-state index contributed by atoms with van der Waals surface area (Å²) < 4.78 is 9.90. The number of halogens is 2. The summed E-state index contributed by atoms with van der Waals surface area (Å²) in [5.41, 5.74) is 0. The minimum Gasteiger partial charge on any atom is -0.450 e. The maximum atomic E-state index is 11.5. The number of benzene rings is 2. The molecule has 0 aliphatic rings. The van der Waals surface area contributed by atoms with E-state index in [0.29, 0.717) is 10.0 Å². The van der Waals surface area contributed by atoms with Crippen LogP contribution in [0.25, 0.3) is 0 Å². The lowest BCUT2D eigenvalue weighted by Crippen LogP contribution is -2.14. The van der Waals surface area contributed by atoms with E-state index < -0.39 is 12.3 Å². The normalized spacial score (nSPS) is 9.18. The first kappa shape index (κ1) is 17.6. The fourth-order valence-electron chi connectivity index (χ4n) is 1.26. The Morgan fingerprint density at radius 3 is 1.41 bits per heavy atom. The van der Waals surface area contributed by atoms with Gasteiger partial charge in [0.05, 0.1) is 10.0 Å². The maximum Gasteiger partial charge on any atom is 0.519 e. The van der Waals surface area contributed by atoms with Gasteiger partial charge in [0.25, 0.3) is 0 Å². The molecule has 0 fully saturated rings. The quantitative estimate of drug-likeness (QED) is 0.600. The van der Waals surface area contributed by atoms with Crippen LogP contribution in [-0.2, 0) is 0 Å². The van der Waals surface area contributed by atoms with Crippen LogP contribution in [0.5, 0.6) is 11.5 Å². The third kappa shape index (κ3) is 6.34. The Hall–Kier alpha value is -2.44. The fourth-order valence-corrected chi connectivity index (χ4v) is 1.60. The lowest BCUT2D eigenvalue weighted by Gasteiger charge is -2.07. The van der Waals surface area contributed by atoms with Crippen molar-refractivity contribution in [1.29, 1.82) is 0 Å². The summed E-state index contributed by atoms with van der Waals surface area (Å²) >= 11 is 11.7. The highest BCUT2D eigenvalue weighted by atomic mass is 35.5. The number of rotatable bonds is 2. The molecule has 2 N–H and O–H groups in total. The number of carbonyl (C=O) groups is 2. The van der Waals surface area contributed by atoms with Crippen molar-refractivity contribution in [3.8, 4) is 11.5 Å². The summed E-state index contributed by atoms with van der Waals surface area (Å²) in [5.74, 6) is 0.465. The van der Waals surface area contributed by atoms with E-state index in [-0.39, 0.29) is 11.5 Å². The zero-order valence-corrected chi connectivity index (χ0v) is 12.4. The molecule has 0 saturated carbocycles. The first-order valence-corrected chi connectivity index (χ1v) is 6.46. The zero-order chi connectivity index (χ0) is 16.5. The summed E-state index contributed by atoms with van der Waals surface area (Å²) in [4.78, 5) is 20.1. The van der Waals surface area contributed by atoms with Crippen molar-refractivity contribution in [2.75, 3.05) is 0 Å². The van der Waals surface area contributed by atoms with E-state index >= 15 is 0 Å². The molecule has 0 heterocycles. The van der Waals surface area contributed by atoms with E-state index in [4.69, 9.17) is 47.7 Å². The number of hydrogen-bond donors (Lipinski definition) is 2. The molecule has 0 atom stereocenters. The van der Waals surface area contributed by atoms with Gasteiger partial charge in [0.2, 0.25) is 0 Å². The molecule has 22 heavy (non-hydrogen) atoms. The van der Waals surface area contributed by atoms with Gasteiger partial charge in [-0.25, -0.2) is 9.59 Å². The maximum absolute atomic E-state index is 11.5. The molecule has 0 unspecified atom stereocenters. The molecule has 0 spiro atoms. The first-order valence-electron chi connectivity index (χ1n) is 5.70. The van der Waals surface area contributed by atoms with Crippen molar-refractivity contribution in [2.45, 2.75) is 0 Å². The van der Waals surface area contributed by atoms with Crippen LogP contribution in [0.2, 0.25) is 10.0 Å². The van der Waals surface area contributed by atoms with E-state index in [0.717, 1.165) is 0 Å². The van der Waals surface area contributed by atoms with Gasteiger partial charge in [0, 0.05) is 0 Å². The van der Waals surface area contributed by atoms with Crippen molar-refractivity contribution in [1.82, 2.24) is 0 Å². The second-order valence-corrected chi connectivity index (χ2v) is 4.41. The van der Waals surface area contributed by atoms with Crippen LogP contribution >= 0.6 is 23.2 Å². The zero-order valence-electron chi connectivity index (χ0n) is 10.9. The minimum absolute atomic E-state index is 0.233. The van der Waals surface area contributed by atoms with Gasteiger partial charge >= 0.3 is 12.3 Å². The number of carbonyl (C=O) groups excluding carboxylic acids is 1. The predicted octanol–water partition coefficient (Wildman–Crippen LogP) is 4.79. The summed E-state index contributed by atoms with van der Waals surface area (Å²) in [5, 5.41) is 14.6. The highest BCUT2D eigenvalue weighted by Gasteiger charge is 2.11. The summed E-state index contributed by atoms with van der Waals surface area (Å²) in [7, 11) is 0. The topological polar surface area (TPSA) is 93.1 Å². The van der Waals surface area contributed by atoms with E-state index in [9.17, 15) is 4.79 Å². The molecule has 6 nitrogen and oxygen atoms in total. The molecule has 0 saturated heterocycles. The second-order valence-electron chi connectivity index (χ2n) is 3.60. The Morgan fingerprint density at radius 2 is 1.09 bits per heavy atom. The Labute approximate surface area is 135 Å². The van der Waals surface area contributed by atoms with Crippen LogP contribution in [0.1, 0.15) is 0 Å². The Balaban J connectivity index is 0.000000541. The minimum atomic E-state index is -1.83. The fraction of sp³-hybridized carbons (Fsp3) is 0. The Morgan fingerprint density at radius 1 is 0.773 bits per heavy atom. The van der Waals surface area contributed by atoms with E-state index in [2.05, 4.69) is 0 Å². The monoisotopic (exact) mass is 344 g/mol. The number of para-hydroxylation sites is 2. The molecule has 116 valence electrons. The third-order valence-corrected chi connectivity index (χ3v) is 2.68. The highest BCUT2D eigenvalue weighted by Crippen LogP contribution is 2.26. The van der Waals surface area contributed by atoms with Gasteiger partial charge in [-0.2, -0.15) is 0 Å². The molecule has 0 aromatic heterocycles. The van der Waals surface area contributed by atoms with E-state index in [1.54, 1.807) is 48.5 Å². The molecular weight excluding hydrogens is 335 g/mol. The molecule has 2 aromatic carbocycles. The summed E-state index contributed by atoms with van der Waals surface area (Å²) in [6.45, 7) is 0. The van der Waals surface area contributed by atoms with Crippen LogP contribution < -0.4 is 9.47 Å². The van der Waals surface area contributed by atoms with Crippen molar-refractivity contribution < 1.29 is 29.3 Å². The summed E-state index contributed by atoms with van der Waals surface area (Å²) in [6, 6.07) is 13.2. The van der Waals surface area contributed by atoms with Crippen LogP contribution in [0, 0.1) is 0 Å². The summed E-state index contributed by atoms with van der Waals surface area (Å²) in [6.07, 6.45) is -2.73. The van der Waals surface area contributed by atoms with E-state index in [1.807, 2.05) is 0 Å². The van der Waals surface area contributed by atoms with Gasteiger partial charge in [-0.3, -0.25) is 0 Å². The van der Waals surface area contributed by atoms with Crippen molar-refractivity contribution in [3.05, 3.63) is 58.6 Å². The molecule has 0 bridgehead atoms. The second kappa shape index (κ2) is 8.76. The lowest BCUT2D eigenvalue weighted by molar-refractivity contribution is 0.136. The van der Waals surface area contributed by atoms with Crippen molar-refractivity contribution >= 4 is 35.5 Å². The van der Waals surface area contributed by atoms with Crippen LogP contribution in [-0.4, -0.2) is 22.5 Å². The van der Waals surface area contributed by atoms with Gasteiger partial charge in [-0.15, -0.1) is 0 Å². The number of hydrogen-bond acceptors (Lipinski definition) is 4. The van der Waals surface area contributed by atoms with Crippen LogP contribution in [0.3, 0.4) is 0 Å². The predicted molar refractivity (Wildman–Crippen MR) is 80.2 cm³/mol. The Bertz CT molecular complexity index is 606. The van der Waals surface area contributed by atoms with Crippen molar-refractivity contribution in [2.24, 2.45) is 0 Å². The average Bonchev–Trinajstić information content (AvgIpc) is 2.43. The first-order chi connectivity index (χ1) is 10.4. The van der Waals surface area contributed by atoms with Crippen molar-refractivity contribution in [3.63, 3.8) is 0 Å².